The summed E-state index contributed by atoms with van der Waals surface area (Å²) in [6, 6.07) is 1.76. The number of aryl methyl sites for hydroxylation is 1. The summed E-state index contributed by atoms with van der Waals surface area (Å²) in [5.41, 5.74) is 0. The van der Waals surface area contributed by atoms with Crippen LogP contribution in [0.15, 0.2) is 31.4 Å². The highest BCUT2D eigenvalue weighted by atomic mass is 79.9. The van der Waals surface area contributed by atoms with Gasteiger partial charge >= 0.3 is 0 Å². The van der Waals surface area contributed by atoms with Gasteiger partial charge in [0.25, 0.3) is 5.22 Å². The first-order valence-electron chi connectivity index (χ1n) is 3.94. The van der Waals surface area contributed by atoms with Crippen LogP contribution in [0.4, 0.5) is 0 Å². The van der Waals surface area contributed by atoms with Gasteiger partial charge in [-0.3, -0.25) is 0 Å². The van der Waals surface area contributed by atoms with Crippen LogP contribution in [0.25, 0.3) is 0 Å². The molecule has 2 rings (SSSR count). The van der Waals surface area contributed by atoms with Gasteiger partial charge in [0, 0.05) is 17.6 Å². The second kappa shape index (κ2) is 4.51. The minimum absolute atomic E-state index is 0.434. The van der Waals surface area contributed by atoms with E-state index in [4.69, 9.17) is 16.0 Å². The van der Waals surface area contributed by atoms with Crippen molar-refractivity contribution in [3.05, 3.63) is 27.6 Å². The molecule has 0 N–H and O–H groups in total. The van der Waals surface area contributed by atoms with Gasteiger partial charge < -0.3 is 4.42 Å². The Morgan fingerprint density at radius 1 is 1.47 bits per heavy atom. The van der Waals surface area contributed by atoms with Crippen molar-refractivity contribution >= 4 is 39.3 Å². The van der Waals surface area contributed by atoms with Crippen molar-refractivity contribution in [2.45, 2.75) is 17.2 Å². The molecule has 0 bridgehead atoms. The minimum atomic E-state index is 0.434. The van der Waals surface area contributed by atoms with Crippen molar-refractivity contribution in [1.82, 2.24) is 15.2 Å². The molecule has 0 saturated heterocycles. The lowest BCUT2D eigenvalue weighted by molar-refractivity contribution is 0.429. The highest BCUT2D eigenvalue weighted by Crippen LogP contribution is 2.31. The Morgan fingerprint density at radius 2 is 2.27 bits per heavy atom. The maximum absolute atomic E-state index is 5.98. The third-order valence-corrected chi connectivity index (χ3v) is 3.16. The van der Waals surface area contributed by atoms with Gasteiger partial charge in [-0.2, -0.15) is 0 Å². The van der Waals surface area contributed by atoms with Gasteiger partial charge in [-0.15, -0.1) is 10.2 Å². The van der Waals surface area contributed by atoms with Gasteiger partial charge in [0.15, 0.2) is 0 Å². The predicted molar refractivity (Wildman–Crippen MR) is 60.1 cm³/mol. The summed E-state index contributed by atoms with van der Waals surface area (Å²) in [4.78, 5) is 4.14. The maximum Gasteiger partial charge on any atom is 0.282 e. The molecule has 2 heterocycles. The molecule has 0 aliphatic carbocycles. The normalized spacial score (nSPS) is 10.6. The molecule has 2 aromatic rings. The number of halogens is 2. The molecule has 15 heavy (non-hydrogen) atoms. The topological polar surface area (TPSA) is 51.8 Å². The van der Waals surface area contributed by atoms with Crippen LogP contribution < -0.4 is 0 Å². The van der Waals surface area contributed by atoms with E-state index < -0.39 is 0 Å². The molecule has 0 atom stereocenters. The van der Waals surface area contributed by atoms with Crippen molar-refractivity contribution in [1.29, 1.82) is 0 Å². The lowest BCUT2D eigenvalue weighted by atomic mass is 10.5. The summed E-state index contributed by atoms with van der Waals surface area (Å²) in [5.74, 6) is 0.519. The highest BCUT2D eigenvalue weighted by Gasteiger charge is 2.09. The van der Waals surface area contributed by atoms with Gasteiger partial charge in [-0.1, -0.05) is 11.6 Å². The van der Waals surface area contributed by atoms with Crippen LogP contribution in [0.3, 0.4) is 0 Å². The quantitative estimate of drug-likeness (QED) is 0.851. The first-order chi connectivity index (χ1) is 7.15. The smallest absolute Gasteiger partial charge is 0.282 e. The Bertz CT molecular complexity index is 490. The van der Waals surface area contributed by atoms with E-state index >= 15 is 0 Å². The number of rotatable bonds is 2. The molecule has 0 aromatic carbocycles. The lowest BCUT2D eigenvalue weighted by Crippen LogP contribution is -1.82. The fraction of sp³-hybridized carbons (Fsp3) is 0.125. The molecule has 0 spiro atoms. The molecule has 7 heteroatoms. The first-order valence-corrected chi connectivity index (χ1v) is 5.93. The molecule has 0 aliphatic heterocycles. The largest absolute Gasteiger partial charge is 0.416 e. The van der Waals surface area contributed by atoms with Gasteiger partial charge in [0.05, 0.1) is 5.02 Å². The molecule has 0 saturated carbocycles. The zero-order chi connectivity index (χ0) is 10.8. The van der Waals surface area contributed by atoms with Gasteiger partial charge in [-0.05, 0) is 33.8 Å². The molecular formula is C8H5BrClN3OS. The second-order valence-electron chi connectivity index (χ2n) is 2.63. The molecule has 4 nitrogen and oxygen atoms in total. The summed E-state index contributed by atoms with van der Waals surface area (Å²) < 4.78 is 6.04. The van der Waals surface area contributed by atoms with E-state index in [0.29, 0.717) is 21.2 Å². The number of pyridine rings is 1. The Balaban J connectivity index is 2.24. The van der Waals surface area contributed by atoms with Crippen LogP contribution in [0.2, 0.25) is 5.02 Å². The molecule has 0 aliphatic rings. The maximum atomic E-state index is 5.98. The van der Waals surface area contributed by atoms with Crippen molar-refractivity contribution < 1.29 is 4.42 Å². The summed E-state index contributed by atoms with van der Waals surface area (Å²) >= 11 is 10.5. The molecule has 2 aromatic heterocycles. The molecule has 78 valence electrons. The predicted octanol–water partition coefficient (Wildman–Crippen LogP) is 3.34. The SMILES string of the molecule is Cc1nnc(Sc2ncc(Br)cc2Cl)o1. The van der Waals surface area contributed by atoms with Crippen LogP contribution in [0.1, 0.15) is 5.89 Å². The van der Waals surface area contributed by atoms with Crippen LogP contribution in [-0.4, -0.2) is 15.2 Å². The van der Waals surface area contributed by atoms with E-state index in [-0.39, 0.29) is 0 Å². The number of hydrogen-bond acceptors (Lipinski definition) is 5. The van der Waals surface area contributed by atoms with E-state index in [1.54, 1.807) is 19.2 Å². The van der Waals surface area contributed by atoms with Crippen LogP contribution in [0, 0.1) is 6.92 Å². The molecule has 0 fully saturated rings. The zero-order valence-electron chi connectivity index (χ0n) is 7.57. The molecule has 0 amide bonds. The Morgan fingerprint density at radius 3 is 2.87 bits per heavy atom. The van der Waals surface area contributed by atoms with Gasteiger partial charge in [0.2, 0.25) is 5.89 Å². The van der Waals surface area contributed by atoms with Crippen molar-refractivity contribution in [2.24, 2.45) is 0 Å². The molecule has 0 radical (unpaired) electrons. The van der Waals surface area contributed by atoms with Crippen LogP contribution in [-0.2, 0) is 0 Å². The minimum Gasteiger partial charge on any atom is -0.416 e. The van der Waals surface area contributed by atoms with Crippen molar-refractivity contribution in [2.75, 3.05) is 0 Å². The van der Waals surface area contributed by atoms with Crippen molar-refractivity contribution in [3.8, 4) is 0 Å². The van der Waals surface area contributed by atoms with Gasteiger partial charge in [-0.25, -0.2) is 4.98 Å². The van der Waals surface area contributed by atoms with E-state index in [1.165, 1.54) is 11.8 Å². The third-order valence-electron chi connectivity index (χ3n) is 1.47. The van der Waals surface area contributed by atoms with E-state index in [0.717, 1.165) is 4.47 Å². The third kappa shape index (κ3) is 2.70. The Labute approximate surface area is 104 Å². The summed E-state index contributed by atoms with van der Waals surface area (Å²) in [5, 5.41) is 9.18. The van der Waals surface area contributed by atoms with E-state index in [1.807, 2.05) is 0 Å². The first kappa shape index (κ1) is 10.9. The fourth-order valence-corrected chi connectivity index (χ4v) is 2.30. The van der Waals surface area contributed by atoms with Crippen LogP contribution >= 0.6 is 39.3 Å². The van der Waals surface area contributed by atoms with Gasteiger partial charge in [0.1, 0.15) is 5.03 Å². The standard InChI is InChI=1S/C8H5BrClN3OS/c1-4-12-13-8(14-4)15-7-6(10)2-5(9)3-11-7/h2-3H,1H3. The Kier molecular flexibility index (Phi) is 3.28. The molecule has 0 unspecified atom stereocenters. The van der Waals surface area contributed by atoms with E-state index in [2.05, 4.69) is 31.1 Å². The number of nitrogens with zero attached hydrogens (tertiary/aromatic N) is 3. The average molecular weight is 307 g/mol. The van der Waals surface area contributed by atoms with Crippen LogP contribution in [0.5, 0.6) is 0 Å². The van der Waals surface area contributed by atoms with E-state index in [9.17, 15) is 0 Å². The highest BCUT2D eigenvalue weighted by molar-refractivity contribution is 9.10. The Hall–Kier alpha value is -0.590. The average Bonchev–Trinajstić information content (AvgIpc) is 2.56. The monoisotopic (exact) mass is 305 g/mol. The molecular weight excluding hydrogens is 302 g/mol. The van der Waals surface area contributed by atoms with Crippen molar-refractivity contribution in [3.63, 3.8) is 0 Å². The fourth-order valence-electron chi connectivity index (χ4n) is 0.879. The lowest BCUT2D eigenvalue weighted by Gasteiger charge is -1.98. The second-order valence-corrected chi connectivity index (χ2v) is 4.89. The summed E-state index contributed by atoms with van der Waals surface area (Å²) in [6.45, 7) is 1.73. The zero-order valence-corrected chi connectivity index (χ0v) is 10.7. The number of hydrogen-bond donors (Lipinski definition) is 0. The number of aromatic nitrogens is 3. The summed E-state index contributed by atoms with van der Waals surface area (Å²) in [7, 11) is 0. The summed E-state index contributed by atoms with van der Waals surface area (Å²) in [6.07, 6.45) is 1.66.